The maximum Gasteiger partial charge on any atom is 0.310 e. The van der Waals surface area contributed by atoms with Crippen LogP contribution in [0.1, 0.15) is 6.92 Å². The first-order valence-corrected chi connectivity index (χ1v) is 5.69. The third-order valence-corrected chi connectivity index (χ3v) is 2.72. The zero-order chi connectivity index (χ0) is 11.8. The van der Waals surface area contributed by atoms with Crippen molar-refractivity contribution < 1.29 is 19.0 Å². The Bertz CT molecular complexity index is 210. The van der Waals surface area contributed by atoms with E-state index in [0.717, 1.165) is 13.1 Å². The van der Waals surface area contributed by atoms with Crippen molar-refractivity contribution in [1.29, 1.82) is 0 Å². The van der Waals surface area contributed by atoms with Gasteiger partial charge < -0.3 is 19.5 Å². The molecule has 0 aromatic carbocycles. The summed E-state index contributed by atoms with van der Waals surface area (Å²) in [5, 5.41) is 3.17. The molecule has 1 aliphatic rings. The van der Waals surface area contributed by atoms with Gasteiger partial charge in [-0.3, -0.25) is 4.79 Å². The highest BCUT2D eigenvalue weighted by molar-refractivity contribution is 5.73. The van der Waals surface area contributed by atoms with Gasteiger partial charge in [0.05, 0.1) is 25.7 Å². The summed E-state index contributed by atoms with van der Waals surface area (Å²) in [7, 11) is 1.62. The first-order chi connectivity index (χ1) is 7.75. The van der Waals surface area contributed by atoms with Crippen molar-refractivity contribution in [2.45, 2.75) is 6.92 Å². The Balaban J connectivity index is 2.02. The molecule has 1 saturated heterocycles. The van der Waals surface area contributed by atoms with Crippen LogP contribution in [0.2, 0.25) is 0 Å². The third kappa shape index (κ3) is 4.47. The van der Waals surface area contributed by atoms with Crippen molar-refractivity contribution >= 4 is 5.97 Å². The molecule has 0 unspecified atom stereocenters. The van der Waals surface area contributed by atoms with Crippen LogP contribution in [0.25, 0.3) is 0 Å². The van der Waals surface area contributed by atoms with Gasteiger partial charge in [-0.15, -0.1) is 0 Å². The molecule has 94 valence electrons. The van der Waals surface area contributed by atoms with Crippen molar-refractivity contribution in [3.05, 3.63) is 0 Å². The first-order valence-electron chi connectivity index (χ1n) is 5.69. The fraction of sp³-hybridized carbons (Fsp3) is 0.909. The van der Waals surface area contributed by atoms with E-state index in [1.54, 1.807) is 7.11 Å². The van der Waals surface area contributed by atoms with Gasteiger partial charge in [0.25, 0.3) is 0 Å². The molecule has 0 amide bonds. The Morgan fingerprint density at radius 1 is 1.25 bits per heavy atom. The quantitative estimate of drug-likeness (QED) is 0.495. The van der Waals surface area contributed by atoms with Crippen LogP contribution in [0.4, 0.5) is 0 Å². The van der Waals surface area contributed by atoms with Crippen LogP contribution >= 0.6 is 0 Å². The Morgan fingerprint density at radius 3 is 2.62 bits per heavy atom. The standard InChI is InChI=1S/C11H21NO4/c1-9-7-12-8-10(9)11(13)16-6-5-15-4-3-14-2/h9-10,12H,3-8H2,1-2H3/t9-,10-/m1/s1. The highest BCUT2D eigenvalue weighted by Gasteiger charge is 2.30. The Labute approximate surface area is 96.4 Å². The summed E-state index contributed by atoms with van der Waals surface area (Å²) < 4.78 is 15.2. The summed E-state index contributed by atoms with van der Waals surface area (Å²) in [5.74, 6) is 0.244. The monoisotopic (exact) mass is 231 g/mol. The molecule has 5 nitrogen and oxygen atoms in total. The normalized spacial score (nSPS) is 24.6. The minimum atomic E-state index is -0.118. The molecule has 5 heteroatoms. The number of ether oxygens (including phenoxy) is 3. The summed E-state index contributed by atoms with van der Waals surface area (Å²) in [6.45, 7) is 5.54. The number of esters is 1. The Hall–Kier alpha value is -0.650. The molecule has 0 aliphatic carbocycles. The highest BCUT2D eigenvalue weighted by atomic mass is 16.6. The van der Waals surface area contributed by atoms with Crippen molar-refractivity contribution in [2.24, 2.45) is 11.8 Å². The van der Waals surface area contributed by atoms with Crippen LogP contribution in [0.5, 0.6) is 0 Å². The maximum absolute atomic E-state index is 11.6. The predicted molar refractivity (Wildman–Crippen MR) is 59.2 cm³/mol. The lowest BCUT2D eigenvalue weighted by Gasteiger charge is -2.13. The zero-order valence-corrected chi connectivity index (χ0v) is 10.0. The topological polar surface area (TPSA) is 56.8 Å². The fourth-order valence-corrected chi connectivity index (χ4v) is 1.68. The summed E-state index contributed by atoms with van der Waals surface area (Å²) in [6, 6.07) is 0. The molecule has 16 heavy (non-hydrogen) atoms. The van der Waals surface area contributed by atoms with Gasteiger partial charge >= 0.3 is 5.97 Å². The molecule has 1 heterocycles. The van der Waals surface area contributed by atoms with Gasteiger partial charge in [0.2, 0.25) is 0 Å². The van der Waals surface area contributed by atoms with E-state index in [1.165, 1.54) is 0 Å². The smallest absolute Gasteiger partial charge is 0.310 e. The molecule has 1 rings (SSSR count). The second-order valence-electron chi connectivity index (χ2n) is 4.01. The van der Waals surface area contributed by atoms with E-state index >= 15 is 0 Å². The number of hydrogen-bond donors (Lipinski definition) is 1. The van der Waals surface area contributed by atoms with Crippen LogP contribution < -0.4 is 5.32 Å². The highest BCUT2D eigenvalue weighted by Crippen LogP contribution is 2.16. The SMILES string of the molecule is COCCOCCOC(=O)[C@@H]1CNC[C@H]1C. The van der Waals surface area contributed by atoms with Crippen molar-refractivity contribution in [3.63, 3.8) is 0 Å². The van der Waals surface area contributed by atoms with Gasteiger partial charge in [-0.05, 0) is 12.5 Å². The van der Waals surface area contributed by atoms with Crippen LogP contribution in [0.3, 0.4) is 0 Å². The largest absolute Gasteiger partial charge is 0.463 e. The average molecular weight is 231 g/mol. The molecule has 1 aliphatic heterocycles. The number of carbonyl (C=O) groups excluding carboxylic acids is 1. The third-order valence-electron chi connectivity index (χ3n) is 2.72. The van der Waals surface area contributed by atoms with E-state index in [9.17, 15) is 4.79 Å². The summed E-state index contributed by atoms with van der Waals surface area (Å²) >= 11 is 0. The zero-order valence-electron chi connectivity index (χ0n) is 10.0. The lowest BCUT2D eigenvalue weighted by molar-refractivity contribution is -0.150. The molecule has 0 aromatic rings. The summed E-state index contributed by atoms with van der Waals surface area (Å²) in [4.78, 5) is 11.6. The molecule has 0 bridgehead atoms. The lowest BCUT2D eigenvalue weighted by atomic mass is 9.99. The minimum Gasteiger partial charge on any atom is -0.463 e. The number of carbonyl (C=O) groups is 1. The van der Waals surface area contributed by atoms with E-state index < -0.39 is 0 Å². The van der Waals surface area contributed by atoms with Crippen LogP contribution in [-0.2, 0) is 19.0 Å². The molecule has 0 saturated carbocycles. The molecule has 0 radical (unpaired) electrons. The van der Waals surface area contributed by atoms with E-state index in [4.69, 9.17) is 14.2 Å². The fourth-order valence-electron chi connectivity index (χ4n) is 1.68. The van der Waals surface area contributed by atoms with Gasteiger partial charge in [0.1, 0.15) is 6.61 Å². The Morgan fingerprint density at radius 2 is 2.00 bits per heavy atom. The van der Waals surface area contributed by atoms with E-state index in [0.29, 0.717) is 32.3 Å². The van der Waals surface area contributed by atoms with E-state index in [2.05, 4.69) is 12.2 Å². The predicted octanol–water partition coefficient (Wildman–Crippen LogP) is 0.0481. The molecule has 2 atom stereocenters. The minimum absolute atomic E-state index is 0.000949. The molecule has 0 spiro atoms. The Kier molecular flexibility index (Phi) is 6.37. The van der Waals surface area contributed by atoms with Crippen molar-refractivity contribution in [3.8, 4) is 0 Å². The molecule has 0 aromatic heterocycles. The molecule has 1 N–H and O–H groups in total. The lowest BCUT2D eigenvalue weighted by Crippen LogP contribution is -2.25. The van der Waals surface area contributed by atoms with Crippen LogP contribution in [0.15, 0.2) is 0 Å². The molecular weight excluding hydrogens is 210 g/mol. The number of nitrogens with one attached hydrogen (secondary N) is 1. The van der Waals surface area contributed by atoms with Gasteiger partial charge in [-0.2, -0.15) is 0 Å². The summed E-state index contributed by atoms with van der Waals surface area (Å²) in [5.41, 5.74) is 0. The summed E-state index contributed by atoms with van der Waals surface area (Å²) in [6.07, 6.45) is 0. The second-order valence-corrected chi connectivity index (χ2v) is 4.01. The van der Waals surface area contributed by atoms with Crippen LogP contribution in [0, 0.1) is 11.8 Å². The van der Waals surface area contributed by atoms with Gasteiger partial charge in [-0.25, -0.2) is 0 Å². The van der Waals surface area contributed by atoms with Gasteiger partial charge in [-0.1, -0.05) is 6.92 Å². The van der Waals surface area contributed by atoms with E-state index in [-0.39, 0.29) is 11.9 Å². The average Bonchev–Trinajstić information content (AvgIpc) is 2.69. The molecule has 1 fully saturated rings. The second kappa shape index (κ2) is 7.60. The number of rotatable bonds is 7. The van der Waals surface area contributed by atoms with E-state index in [1.807, 2.05) is 0 Å². The van der Waals surface area contributed by atoms with Gasteiger partial charge in [0.15, 0.2) is 0 Å². The van der Waals surface area contributed by atoms with Crippen LogP contribution in [-0.4, -0.2) is 52.6 Å². The van der Waals surface area contributed by atoms with Gasteiger partial charge in [0, 0.05) is 13.7 Å². The number of hydrogen-bond acceptors (Lipinski definition) is 5. The maximum atomic E-state index is 11.6. The molecular formula is C11H21NO4. The number of methoxy groups -OCH3 is 1. The first kappa shape index (κ1) is 13.4. The van der Waals surface area contributed by atoms with Crippen molar-refractivity contribution in [1.82, 2.24) is 5.32 Å². The van der Waals surface area contributed by atoms with Crippen molar-refractivity contribution in [2.75, 3.05) is 46.6 Å².